The van der Waals surface area contributed by atoms with Crippen LogP contribution in [0.1, 0.15) is 19.3 Å². The molecule has 1 unspecified atom stereocenters. The highest BCUT2D eigenvalue weighted by Crippen LogP contribution is 2.20. The lowest BCUT2D eigenvalue weighted by Gasteiger charge is -2.33. The molecule has 1 N–H and O–H groups in total. The van der Waals surface area contributed by atoms with E-state index in [0.29, 0.717) is 32.5 Å². The Morgan fingerprint density at radius 3 is 2.22 bits per heavy atom. The van der Waals surface area contributed by atoms with Crippen molar-refractivity contribution in [3.05, 3.63) is 0 Å². The number of carboxylic acid groups (broad SMARTS) is 1. The van der Waals surface area contributed by atoms with Crippen LogP contribution in [0.3, 0.4) is 0 Å². The van der Waals surface area contributed by atoms with E-state index in [1.807, 2.05) is 0 Å². The summed E-state index contributed by atoms with van der Waals surface area (Å²) < 4.78 is 5.24. The van der Waals surface area contributed by atoms with E-state index in [9.17, 15) is 9.59 Å². The molecular formula is C12H20N2O4. The fourth-order valence-corrected chi connectivity index (χ4v) is 2.61. The highest BCUT2D eigenvalue weighted by molar-refractivity contribution is 5.76. The molecule has 2 saturated heterocycles. The lowest BCUT2D eigenvalue weighted by molar-refractivity contribution is -0.143. The van der Waals surface area contributed by atoms with Crippen LogP contribution in [0.5, 0.6) is 0 Å². The summed E-state index contributed by atoms with van der Waals surface area (Å²) >= 11 is 0. The van der Waals surface area contributed by atoms with E-state index in [-0.39, 0.29) is 18.1 Å². The molecule has 0 aromatic carbocycles. The summed E-state index contributed by atoms with van der Waals surface area (Å²) in [4.78, 5) is 26.6. The quantitative estimate of drug-likeness (QED) is 0.786. The van der Waals surface area contributed by atoms with Gasteiger partial charge in [-0.2, -0.15) is 0 Å². The molecule has 2 rings (SSSR count). The SMILES string of the molecule is COC1CCN(C(=O)N2CCC(C(=O)O)CC2)C1. The summed E-state index contributed by atoms with van der Waals surface area (Å²) in [6.45, 7) is 2.47. The van der Waals surface area contributed by atoms with Crippen molar-refractivity contribution in [2.24, 2.45) is 5.92 Å². The Labute approximate surface area is 106 Å². The van der Waals surface area contributed by atoms with E-state index in [0.717, 1.165) is 13.0 Å². The largest absolute Gasteiger partial charge is 0.481 e. The number of likely N-dealkylation sites (tertiary alicyclic amines) is 2. The molecular weight excluding hydrogens is 236 g/mol. The van der Waals surface area contributed by atoms with Crippen molar-refractivity contribution in [2.75, 3.05) is 33.3 Å². The van der Waals surface area contributed by atoms with Crippen LogP contribution < -0.4 is 0 Å². The van der Waals surface area contributed by atoms with E-state index in [1.165, 1.54) is 0 Å². The second-order valence-corrected chi connectivity index (χ2v) is 4.97. The molecule has 0 aromatic rings. The van der Waals surface area contributed by atoms with Gasteiger partial charge < -0.3 is 19.6 Å². The smallest absolute Gasteiger partial charge is 0.320 e. The summed E-state index contributed by atoms with van der Waals surface area (Å²) in [7, 11) is 1.66. The maximum absolute atomic E-state index is 12.2. The molecule has 0 aliphatic carbocycles. The normalized spacial score (nSPS) is 25.5. The Morgan fingerprint density at radius 2 is 1.72 bits per heavy atom. The molecule has 6 nitrogen and oxygen atoms in total. The van der Waals surface area contributed by atoms with Crippen LogP contribution in [0, 0.1) is 5.92 Å². The lowest BCUT2D eigenvalue weighted by atomic mass is 9.97. The molecule has 6 heteroatoms. The fraction of sp³-hybridized carbons (Fsp3) is 0.833. The van der Waals surface area contributed by atoms with Crippen LogP contribution >= 0.6 is 0 Å². The first kappa shape index (κ1) is 13.1. The Bertz CT molecular complexity index is 326. The average molecular weight is 256 g/mol. The number of amides is 2. The van der Waals surface area contributed by atoms with E-state index < -0.39 is 5.97 Å². The molecule has 1 atom stereocenters. The number of hydrogen-bond donors (Lipinski definition) is 1. The number of rotatable bonds is 2. The molecule has 2 heterocycles. The van der Waals surface area contributed by atoms with Crippen LogP contribution in [-0.2, 0) is 9.53 Å². The van der Waals surface area contributed by atoms with Crippen molar-refractivity contribution < 1.29 is 19.4 Å². The van der Waals surface area contributed by atoms with Crippen LogP contribution in [0.2, 0.25) is 0 Å². The molecule has 18 heavy (non-hydrogen) atoms. The minimum absolute atomic E-state index is 0.0263. The maximum Gasteiger partial charge on any atom is 0.320 e. The van der Waals surface area contributed by atoms with Crippen molar-refractivity contribution >= 4 is 12.0 Å². The van der Waals surface area contributed by atoms with E-state index in [2.05, 4.69) is 0 Å². The van der Waals surface area contributed by atoms with Gasteiger partial charge in [0.1, 0.15) is 0 Å². The number of carboxylic acids is 1. The van der Waals surface area contributed by atoms with Gasteiger partial charge in [0.2, 0.25) is 0 Å². The Balaban J connectivity index is 1.83. The van der Waals surface area contributed by atoms with Gasteiger partial charge in [-0.25, -0.2) is 4.79 Å². The number of piperidine rings is 1. The number of hydrogen-bond acceptors (Lipinski definition) is 3. The first-order valence-corrected chi connectivity index (χ1v) is 6.41. The van der Waals surface area contributed by atoms with E-state index >= 15 is 0 Å². The number of urea groups is 1. The molecule has 2 fully saturated rings. The van der Waals surface area contributed by atoms with E-state index in [1.54, 1.807) is 16.9 Å². The van der Waals surface area contributed by atoms with Crippen molar-refractivity contribution in [2.45, 2.75) is 25.4 Å². The second kappa shape index (κ2) is 5.56. The summed E-state index contributed by atoms with van der Waals surface area (Å²) in [6, 6.07) is 0.0263. The predicted octanol–water partition coefficient (Wildman–Crippen LogP) is 0.624. The number of carbonyl (C=O) groups excluding carboxylic acids is 1. The van der Waals surface area contributed by atoms with Gasteiger partial charge in [0.05, 0.1) is 12.0 Å². The molecule has 0 spiro atoms. The zero-order valence-corrected chi connectivity index (χ0v) is 10.7. The van der Waals surface area contributed by atoms with Gasteiger partial charge in [0.25, 0.3) is 0 Å². The molecule has 2 aliphatic heterocycles. The average Bonchev–Trinajstić information content (AvgIpc) is 2.86. The molecule has 0 radical (unpaired) electrons. The van der Waals surface area contributed by atoms with Gasteiger partial charge in [0, 0.05) is 33.3 Å². The lowest BCUT2D eigenvalue weighted by Crippen LogP contribution is -2.47. The molecule has 0 aromatic heterocycles. The van der Waals surface area contributed by atoms with Crippen LogP contribution in [0.25, 0.3) is 0 Å². The van der Waals surface area contributed by atoms with Gasteiger partial charge >= 0.3 is 12.0 Å². The summed E-state index contributed by atoms with van der Waals surface area (Å²) in [6.07, 6.45) is 2.14. The zero-order valence-electron chi connectivity index (χ0n) is 10.7. The third kappa shape index (κ3) is 2.75. The molecule has 2 aliphatic rings. The maximum atomic E-state index is 12.2. The topological polar surface area (TPSA) is 70.1 Å². The highest BCUT2D eigenvalue weighted by atomic mass is 16.5. The van der Waals surface area contributed by atoms with Gasteiger partial charge in [0.15, 0.2) is 0 Å². The predicted molar refractivity (Wildman–Crippen MR) is 64.3 cm³/mol. The molecule has 102 valence electrons. The molecule has 0 saturated carbocycles. The highest BCUT2D eigenvalue weighted by Gasteiger charge is 2.32. The number of nitrogens with zero attached hydrogens (tertiary/aromatic N) is 2. The van der Waals surface area contributed by atoms with Crippen LogP contribution in [0.15, 0.2) is 0 Å². The number of aliphatic carboxylic acids is 1. The Morgan fingerprint density at radius 1 is 1.11 bits per heavy atom. The van der Waals surface area contributed by atoms with Gasteiger partial charge in [-0.05, 0) is 19.3 Å². The van der Waals surface area contributed by atoms with Gasteiger partial charge in [-0.1, -0.05) is 0 Å². The third-order valence-electron chi connectivity index (χ3n) is 3.86. The van der Waals surface area contributed by atoms with Crippen LogP contribution in [0.4, 0.5) is 4.79 Å². The number of carbonyl (C=O) groups is 2. The van der Waals surface area contributed by atoms with Crippen molar-refractivity contribution in [3.8, 4) is 0 Å². The molecule has 2 amide bonds. The number of methoxy groups -OCH3 is 1. The first-order valence-electron chi connectivity index (χ1n) is 6.41. The zero-order chi connectivity index (χ0) is 13.1. The molecule has 0 bridgehead atoms. The standard InChI is InChI=1S/C12H20N2O4/c1-18-10-4-7-14(8-10)12(17)13-5-2-9(3-6-13)11(15)16/h9-10H,2-8H2,1H3,(H,15,16). The minimum atomic E-state index is -0.747. The van der Waals surface area contributed by atoms with E-state index in [4.69, 9.17) is 9.84 Å². The summed E-state index contributed by atoms with van der Waals surface area (Å²) in [5.41, 5.74) is 0. The van der Waals surface area contributed by atoms with Crippen molar-refractivity contribution in [1.82, 2.24) is 9.80 Å². The Hall–Kier alpha value is -1.30. The summed E-state index contributed by atoms with van der Waals surface area (Å²) in [5.74, 6) is -1.04. The van der Waals surface area contributed by atoms with Crippen LogP contribution in [-0.4, -0.2) is 66.3 Å². The Kier molecular flexibility index (Phi) is 4.06. The fourth-order valence-electron chi connectivity index (χ4n) is 2.61. The van der Waals surface area contributed by atoms with Crippen molar-refractivity contribution in [1.29, 1.82) is 0 Å². The van der Waals surface area contributed by atoms with Gasteiger partial charge in [-0.3, -0.25) is 4.79 Å². The monoisotopic (exact) mass is 256 g/mol. The van der Waals surface area contributed by atoms with Gasteiger partial charge in [-0.15, -0.1) is 0 Å². The second-order valence-electron chi connectivity index (χ2n) is 4.97. The minimum Gasteiger partial charge on any atom is -0.481 e. The summed E-state index contributed by atoms with van der Waals surface area (Å²) in [5, 5.41) is 8.91. The van der Waals surface area contributed by atoms with Crippen molar-refractivity contribution in [3.63, 3.8) is 0 Å². The number of ether oxygens (including phenoxy) is 1. The third-order valence-corrected chi connectivity index (χ3v) is 3.86. The first-order chi connectivity index (χ1) is 8.61.